The molecule has 0 aromatic heterocycles. The largest absolute Gasteiger partial charge is 0.416 e. The SMILES string of the molecule is O=[N+]([O-])c1ccc(CN2CCOCC2)c(C(F)(F)F)c1. The van der Waals surface area contributed by atoms with Crippen LogP contribution in [-0.4, -0.2) is 36.1 Å². The van der Waals surface area contributed by atoms with Crippen molar-refractivity contribution in [3.05, 3.63) is 39.4 Å². The third-order valence-electron chi connectivity index (χ3n) is 3.11. The highest BCUT2D eigenvalue weighted by molar-refractivity contribution is 5.41. The Kier molecular flexibility index (Phi) is 4.24. The van der Waals surface area contributed by atoms with E-state index in [4.69, 9.17) is 4.74 Å². The highest BCUT2D eigenvalue weighted by Gasteiger charge is 2.35. The molecule has 5 nitrogen and oxygen atoms in total. The number of halogens is 3. The molecule has 0 saturated carbocycles. The molecule has 1 aliphatic heterocycles. The Bertz CT molecular complexity index is 499. The molecule has 1 aliphatic rings. The maximum Gasteiger partial charge on any atom is 0.416 e. The van der Waals surface area contributed by atoms with Crippen LogP contribution >= 0.6 is 0 Å². The maximum atomic E-state index is 13.0. The van der Waals surface area contributed by atoms with E-state index in [2.05, 4.69) is 0 Å². The average Bonchev–Trinajstić information content (AvgIpc) is 2.39. The molecular weight excluding hydrogens is 277 g/mol. The number of benzene rings is 1. The van der Waals surface area contributed by atoms with E-state index in [1.807, 2.05) is 4.90 Å². The molecule has 0 aliphatic carbocycles. The summed E-state index contributed by atoms with van der Waals surface area (Å²) < 4.78 is 44.1. The van der Waals surface area contributed by atoms with Crippen LogP contribution in [0.25, 0.3) is 0 Å². The quantitative estimate of drug-likeness (QED) is 0.634. The topological polar surface area (TPSA) is 55.6 Å². The first kappa shape index (κ1) is 14.7. The van der Waals surface area contributed by atoms with E-state index in [-0.39, 0.29) is 12.1 Å². The second-order valence-corrected chi connectivity index (χ2v) is 4.48. The Hall–Kier alpha value is -1.67. The molecule has 0 N–H and O–H groups in total. The Morgan fingerprint density at radius 3 is 2.50 bits per heavy atom. The van der Waals surface area contributed by atoms with E-state index in [1.54, 1.807) is 0 Å². The molecule has 0 spiro atoms. The van der Waals surface area contributed by atoms with Crippen molar-refractivity contribution in [3.8, 4) is 0 Å². The van der Waals surface area contributed by atoms with Crippen LogP contribution in [0.3, 0.4) is 0 Å². The van der Waals surface area contributed by atoms with Gasteiger partial charge in [-0.2, -0.15) is 13.2 Å². The van der Waals surface area contributed by atoms with Gasteiger partial charge >= 0.3 is 6.18 Å². The van der Waals surface area contributed by atoms with Crippen LogP contribution in [0, 0.1) is 10.1 Å². The van der Waals surface area contributed by atoms with Gasteiger partial charge in [0.25, 0.3) is 5.69 Å². The number of rotatable bonds is 3. The van der Waals surface area contributed by atoms with Crippen LogP contribution in [0.5, 0.6) is 0 Å². The second-order valence-electron chi connectivity index (χ2n) is 4.48. The van der Waals surface area contributed by atoms with Crippen LogP contribution in [-0.2, 0) is 17.5 Å². The number of ether oxygens (including phenoxy) is 1. The predicted molar refractivity (Wildman–Crippen MR) is 64.2 cm³/mol. The van der Waals surface area contributed by atoms with Crippen molar-refractivity contribution in [1.29, 1.82) is 0 Å². The van der Waals surface area contributed by atoms with Crippen LogP contribution in [0.15, 0.2) is 18.2 Å². The molecule has 1 aromatic rings. The predicted octanol–water partition coefficient (Wildman–Crippen LogP) is 2.45. The fraction of sp³-hybridized carbons (Fsp3) is 0.500. The van der Waals surface area contributed by atoms with Crippen LogP contribution in [0.2, 0.25) is 0 Å². The van der Waals surface area contributed by atoms with Crippen LogP contribution < -0.4 is 0 Å². The van der Waals surface area contributed by atoms with Gasteiger partial charge in [0, 0.05) is 31.8 Å². The van der Waals surface area contributed by atoms with Crippen molar-refractivity contribution in [1.82, 2.24) is 4.90 Å². The van der Waals surface area contributed by atoms with E-state index in [0.29, 0.717) is 32.4 Å². The summed E-state index contributed by atoms with van der Waals surface area (Å²) in [5, 5.41) is 10.6. The van der Waals surface area contributed by atoms with Gasteiger partial charge in [-0.25, -0.2) is 0 Å². The van der Waals surface area contributed by atoms with Gasteiger partial charge in [-0.15, -0.1) is 0 Å². The molecular formula is C12H13F3N2O3. The maximum absolute atomic E-state index is 13.0. The lowest BCUT2D eigenvalue weighted by atomic mass is 10.1. The number of hydrogen-bond donors (Lipinski definition) is 0. The van der Waals surface area contributed by atoms with Crippen LogP contribution in [0.4, 0.5) is 18.9 Å². The minimum atomic E-state index is -4.60. The van der Waals surface area contributed by atoms with Gasteiger partial charge in [-0.3, -0.25) is 15.0 Å². The molecule has 1 heterocycles. The highest BCUT2D eigenvalue weighted by atomic mass is 19.4. The zero-order valence-corrected chi connectivity index (χ0v) is 10.5. The summed E-state index contributed by atoms with van der Waals surface area (Å²) in [7, 11) is 0. The average molecular weight is 290 g/mol. The number of morpholine rings is 1. The molecule has 8 heteroatoms. The van der Waals surface area contributed by atoms with E-state index < -0.39 is 22.4 Å². The fourth-order valence-electron chi connectivity index (χ4n) is 2.08. The smallest absolute Gasteiger partial charge is 0.379 e. The van der Waals surface area contributed by atoms with Crippen molar-refractivity contribution in [2.24, 2.45) is 0 Å². The van der Waals surface area contributed by atoms with Gasteiger partial charge in [0.2, 0.25) is 0 Å². The lowest BCUT2D eigenvalue weighted by Crippen LogP contribution is -2.36. The normalized spacial score (nSPS) is 17.1. The van der Waals surface area contributed by atoms with Gasteiger partial charge in [0.15, 0.2) is 0 Å². The number of nitro benzene ring substituents is 1. The Morgan fingerprint density at radius 2 is 1.95 bits per heavy atom. The highest BCUT2D eigenvalue weighted by Crippen LogP contribution is 2.35. The standard InChI is InChI=1S/C12H13F3N2O3/c13-12(14,15)11-7-10(17(18)19)2-1-9(11)8-16-3-5-20-6-4-16/h1-2,7H,3-6,8H2. The van der Waals surface area contributed by atoms with Crippen molar-refractivity contribution >= 4 is 5.69 Å². The van der Waals surface area contributed by atoms with Crippen molar-refractivity contribution < 1.29 is 22.8 Å². The summed E-state index contributed by atoms with van der Waals surface area (Å²) in [5.41, 5.74) is -1.45. The van der Waals surface area contributed by atoms with Crippen molar-refractivity contribution in [3.63, 3.8) is 0 Å². The Morgan fingerprint density at radius 1 is 1.30 bits per heavy atom. The molecule has 110 valence electrons. The molecule has 0 atom stereocenters. The summed E-state index contributed by atoms with van der Waals surface area (Å²) in [6, 6.07) is 2.87. The van der Waals surface area contributed by atoms with Gasteiger partial charge in [-0.1, -0.05) is 6.07 Å². The Labute approximate surface area is 113 Å². The second kappa shape index (κ2) is 5.76. The fourth-order valence-corrected chi connectivity index (χ4v) is 2.08. The summed E-state index contributed by atoms with van der Waals surface area (Å²) in [4.78, 5) is 11.6. The third-order valence-corrected chi connectivity index (χ3v) is 3.11. The van der Waals surface area contributed by atoms with Gasteiger partial charge in [0.1, 0.15) is 0 Å². The molecule has 1 fully saturated rings. The first-order chi connectivity index (χ1) is 9.38. The minimum Gasteiger partial charge on any atom is -0.379 e. The van der Waals surface area contributed by atoms with E-state index in [0.717, 1.165) is 6.07 Å². The van der Waals surface area contributed by atoms with Gasteiger partial charge < -0.3 is 4.74 Å². The third kappa shape index (κ3) is 3.45. The van der Waals surface area contributed by atoms with E-state index >= 15 is 0 Å². The first-order valence-corrected chi connectivity index (χ1v) is 6.02. The first-order valence-electron chi connectivity index (χ1n) is 6.02. The molecule has 0 radical (unpaired) electrons. The van der Waals surface area contributed by atoms with Crippen LogP contribution in [0.1, 0.15) is 11.1 Å². The molecule has 1 aromatic carbocycles. The summed E-state index contributed by atoms with van der Waals surface area (Å²) >= 11 is 0. The van der Waals surface area contributed by atoms with Gasteiger partial charge in [-0.05, 0) is 5.56 Å². The molecule has 20 heavy (non-hydrogen) atoms. The number of alkyl halides is 3. The number of nitrogens with zero attached hydrogens (tertiary/aromatic N) is 2. The number of non-ortho nitro benzene ring substituents is 1. The Balaban J connectivity index is 2.28. The number of hydrogen-bond acceptors (Lipinski definition) is 4. The summed E-state index contributed by atoms with van der Waals surface area (Å²) in [6.45, 7) is 2.17. The van der Waals surface area contributed by atoms with Crippen molar-refractivity contribution in [2.45, 2.75) is 12.7 Å². The van der Waals surface area contributed by atoms with E-state index in [1.165, 1.54) is 6.07 Å². The molecule has 0 amide bonds. The lowest BCUT2D eigenvalue weighted by Gasteiger charge is -2.27. The molecule has 0 unspecified atom stereocenters. The van der Waals surface area contributed by atoms with Gasteiger partial charge in [0.05, 0.1) is 23.7 Å². The molecule has 2 rings (SSSR count). The number of nitro groups is 1. The zero-order chi connectivity index (χ0) is 14.8. The zero-order valence-electron chi connectivity index (χ0n) is 10.5. The molecule has 0 bridgehead atoms. The lowest BCUT2D eigenvalue weighted by molar-refractivity contribution is -0.385. The van der Waals surface area contributed by atoms with E-state index in [9.17, 15) is 23.3 Å². The molecule has 1 saturated heterocycles. The summed E-state index contributed by atoms with van der Waals surface area (Å²) in [5.74, 6) is 0. The minimum absolute atomic E-state index is 0.0463. The summed E-state index contributed by atoms with van der Waals surface area (Å²) in [6.07, 6.45) is -4.60. The monoisotopic (exact) mass is 290 g/mol. The van der Waals surface area contributed by atoms with Crippen molar-refractivity contribution in [2.75, 3.05) is 26.3 Å².